The molecule has 0 aromatic carbocycles. The summed E-state index contributed by atoms with van der Waals surface area (Å²) in [7, 11) is 0. The van der Waals surface area contributed by atoms with Crippen LogP contribution in [-0.4, -0.2) is 0 Å². The predicted octanol–water partition coefficient (Wildman–Crippen LogP) is 3.36. The lowest BCUT2D eigenvalue weighted by molar-refractivity contribution is 0.468. The van der Waals surface area contributed by atoms with Gasteiger partial charge in [-0.3, -0.25) is 0 Å². The van der Waals surface area contributed by atoms with Gasteiger partial charge in [-0.25, -0.2) is 0 Å². The highest BCUT2D eigenvalue weighted by molar-refractivity contribution is 5.15. The predicted molar refractivity (Wildman–Crippen MR) is 46.8 cm³/mol. The molecule has 1 nitrogen and oxygen atoms in total. The fourth-order valence-corrected chi connectivity index (χ4v) is 1.04. The van der Waals surface area contributed by atoms with Crippen LogP contribution in [0, 0.1) is 0 Å². The Morgan fingerprint density at radius 2 is 2.18 bits per heavy atom. The SMILES string of the molecule is CCc1coc([C@H](C)CC)c1. The van der Waals surface area contributed by atoms with Crippen molar-refractivity contribution < 1.29 is 4.42 Å². The Morgan fingerprint density at radius 1 is 1.45 bits per heavy atom. The van der Waals surface area contributed by atoms with Crippen LogP contribution in [0.2, 0.25) is 0 Å². The Labute approximate surface area is 68.4 Å². The maximum absolute atomic E-state index is 5.41. The standard InChI is InChI=1S/C10H16O/c1-4-8(3)10-6-9(5-2)7-11-10/h6-8H,4-5H2,1-3H3/t8-/m1/s1. The van der Waals surface area contributed by atoms with E-state index in [1.165, 1.54) is 5.56 Å². The molecular weight excluding hydrogens is 136 g/mol. The molecule has 1 heteroatoms. The Hall–Kier alpha value is -0.720. The van der Waals surface area contributed by atoms with Crippen molar-refractivity contribution in [2.45, 2.75) is 39.5 Å². The summed E-state index contributed by atoms with van der Waals surface area (Å²) >= 11 is 0. The molecule has 11 heavy (non-hydrogen) atoms. The molecule has 1 aromatic heterocycles. The van der Waals surface area contributed by atoms with Gasteiger partial charge in [0.15, 0.2) is 0 Å². The van der Waals surface area contributed by atoms with E-state index in [2.05, 4.69) is 26.8 Å². The second-order valence-electron chi connectivity index (χ2n) is 3.02. The molecule has 0 unspecified atom stereocenters. The maximum atomic E-state index is 5.41. The largest absolute Gasteiger partial charge is 0.469 e. The van der Waals surface area contributed by atoms with Gasteiger partial charge in [0, 0.05) is 5.92 Å². The lowest BCUT2D eigenvalue weighted by Gasteiger charge is -2.01. The van der Waals surface area contributed by atoms with Crippen molar-refractivity contribution in [2.24, 2.45) is 0 Å². The lowest BCUT2D eigenvalue weighted by atomic mass is 10.1. The van der Waals surface area contributed by atoms with E-state index in [1.54, 1.807) is 0 Å². The summed E-state index contributed by atoms with van der Waals surface area (Å²) in [6.45, 7) is 6.52. The van der Waals surface area contributed by atoms with Gasteiger partial charge in [0.1, 0.15) is 5.76 Å². The fraction of sp³-hybridized carbons (Fsp3) is 0.600. The lowest BCUT2D eigenvalue weighted by Crippen LogP contribution is -1.86. The molecule has 0 aliphatic rings. The first-order valence-corrected chi connectivity index (χ1v) is 4.35. The molecule has 1 atom stereocenters. The zero-order valence-corrected chi connectivity index (χ0v) is 7.55. The van der Waals surface area contributed by atoms with Crippen molar-refractivity contribution in [3.05, 3.63) is 23.7 Å². The molecule has 0 spiro atoms. The first-order chi connectivity index (χ1) is 5.27. The molecule has 0 aliphatic carbocycles. The number of rotatable bonds is 3. The average Bonchev–Trinajstić information content (AvgIpc) is 2.50. The van der Waals surface area contributed by atoms with Gasteiger partial charge in [0.25, 0.3) is 0 Å². The third kappa shape index (κ3) is 1.86. The van der Waals surface area contributed by atoms with E-state index in [-0.39, 0.29) is 0 Å². The third-order valence-corrected chi connectivity index (χ3v) is 2.18. The van der Waals surface area contributed by atoms with Crippen LogP contribution in [-0.2, 0) is 6.42 Å². The minimum absolute atomic E-state index is 0.565. The molecular formula is C10H16O. The van der Waals surface area contributed by atoms with Crippen LogP contribution in [0.3, 0.4) is 0 Å². The molecule has 0 bridgehead atoms. The number of hydrogen-bond acceptors (Lipinski definition) is 1. The second-order valence-corrected chi connectivity index (χ2v) is 3.02. The van der Waals surface area contributed by atoms with E-state index >= 15 is 0 Å². The van der Waals surface area contributed by atoms with Gasteiger partial charge in [-0.05, 0) is 24.5 Å². The maximum Gasteiger partial charge on any atom is 0.106 e. The van der Waals surface area contributed by atoms with Crippen molar-refractivity contribution in [3.63, 3.8) is 0 Å². The van der Waals surface area contributed by atoms with Crippen LogP contribution in [0.5, 0.6) is 0 Å². The highest BCUT2D eigenvalue weighted by atomic mass is 16.3. The molecule has 0 radical (unpaired) electrons. The Morgan fingerprint density at radius 3 is 2.64 bits per heavy atom. The Bertz CT molecular complexity index is 212. The monoisotopic (exact) mass is 152 g/mol. The molecule has 1 rings (SSSR count). The molecule has 0 saturated carbocycles. The van der Waals surface area contributed by atoms with Gasteiger partial charge in [0.2, 0.25) is 0 Å². The van der Waals surface area contributed by atoms with Crippen molar-refractivity contribution >= 4 is 0 Å². The quantitative estimate of drug-likeness (QED) is 0.647. The number of furan rings is 1. The first-order valence-electron chi connectivity index (χ1n) is 4.35. The summed E-state index contributed by atoms with van der Waals surface area (Å²) in [5.41, 5.74) is 1.31. The van der Waals surface area contributed by atoms with Gasteiger partial charge in [-0.1, -0.05) is 20.8 Å². The van der Waals surface area contributed by atoms with Gasteiger partial charge in [-0.15, -0.1) is 0 Å². The van der Waals surface area contributed by atoms with Crippen molar-refractivity contribution in [1.82, 2.24) is 0 Å². The summed E-state index contributed by atoms with van der Waals surface area (Å²) in [6.07, 6.45) is 4.08. The van der Waals surface area contributed by atoms with E-state index < -0.39 is 0 Å². The van der Waals surface area contributed by atoms with Crippen LogP contribution in [0.25, 0.3) is 0 Å². The summed E-state index contributed by atoms with van der Waals surface area (Å²) in [5, 5.41) is 0. The summed E-state index contributed by atoms with van der Waals surface area (Å²) in [5.74, 6) is 1.69. The van der Waals surface area contributed by atoms with Crippen molar-refractivity contribution in [1.29, 1.82) is 0 Å². The molecule has 0 aliphatic heterocycles. The molecule has 0 N–H and O–H groups in total. The zero-order valence-electron chi connectivity index (χ0n) is 7.55. The molecule has 0 fully saturated rings. The Kier molecular flexibility index (Phi) is 2.75. The molecule has 1 aromatic rings. The average molecular weight is 152 g/mol. The number of aryl methyl sites for hydroxylation is 1. The minimum atomic E-state index is 0.565. The van der Waals surface area contributed by atoms with E-state index in [0.717, 1.165) is 18.6 Å². The normalized spacial score (nSPS) is 13.4. The smallest absolute Gasteiger partial charge is 0.106 e. The molecule has 1 heterocycles. The summed E-state index contributed by atoms with van der Waals surface area (Å²) in [4.78, 5) is 0. The van der Waals surface area contributed by atoms with E-state index in [1.807, 2.05) is 6.26 Å². The van der Waals surface area contributed by atoms with Crippen LogP contribution >= 0.6 is 0 Å². The van der Waals surface area contributed by atoms with Gasteiger partial charge in [0.05, 0.1) is 6.26 Å². The number of hydrogen-bond donors (Lipinski definition) is 0. The Balaban J connectivity index is 2.71. The van der Waals surface area contributed by atoms with Crippen LogP contribution in [0.4, 0.5) is 0 Å². The van der Waals surface area contributed by atoms with Crippen molar-refractivity contribution in [2.75, 3.05) is 0 Å². The van der Waals surface area contributed by atoms with E-state index in [0.29, 0.717) is 5.92 Å². The van der Waals surface area contributed by atoms with Gasteiger partial charge >= 0.3 is 0 Å². The highest BCUT2D eigenvalue weighted by Gasteiger charge is 2.06. The minimum Gasteiger partial charge on any atom is -0.469 e. The zero-order chi connectivity index (χ0) is 8.27. The first kappa shape index (κ1) is 8.38. The molecule has 0 amide bonds. The summed E-state index contributed by atoms with van der Waals surface area (Å²) < 4.78 is 5.41. The van der Waals surface area contributed by atoms with Gasteiger partial charge in [-0.2, -0.15) is 0 Å². The summed E-state index contributed by atoms with van der Waals surface area (Å²) in [6, 6.07) is 2.16. The van der Waals surface area contributed by atoms with Crippen LogP contribution < -0.4 is 0 Å². The van der Waals surface area contributed by atoms with E-state index in [4.69, 9.17) is 4.42 Å². The van der Waals surface area contributed by atoms with Gasteiger partial charge < -0.3 is 4.42 Å². The highest BCUT2D eigenvalue weighted by Crippen LogP contribution is 2.20. The van der Waals surface area contributed by atoms with Crippen LogP contribution in [0.15, 0.2) is 16.7 Å². The van der Waals surface area contributed by atoms with Crippen molar-refractivity contribution in [3.8, 4) is 0 Å². The topological polar surface area (TPSA) is 13.1 Å². The second kappa shape index (κ2) is 3.61. The fourth-order valence-electron chi connectivity index (χ4n) is 1.04. The molecule has 0 saturated heterocycles. The van der Waals surface area contributed by atoms with Crippen LogP contribution in [0.1, 0.15) is 44.4 Å². The molecule has 62 valence electrons. The third-order valence-electron chi connectivity index (χ3n) is 2.18. The van der Waals surface area contributed by atoms with E-state index in [9.17, 15) is 0 Å².